The molecular formula is C12H22N4O. The van der Waals surface area contributed by atoms with Crippen molar-refractivity contribution in [1.82, 2.24) is 5.32 Å². The summed E-state index contributed by atoms with van der Waals surface area (Å²) in [5, 5.41) is 11.7. The predicted molar refractivity (Wildman–Crippen MR) is 65.5 cm³/mol. The summed E-state index contributed by atoms with van der Waals surface area (Å²) >= 11 is 0. The Bertz CT molecular complexity index is 325. The van der Waals surface area contributed by atoms with Gasteiger partial charge >= 0.3 is 6.03 Å². The van der Waals surface area contributed by atoms with Gasteiger partial charge in [0.25, 0.3) is 0 Å². The molecule has 5 nitrogen and oxygen atoms in total. The van der Waals surface area contributed by atoms with Gasteiger partial charge in [0.2, 0.25) is 0 Å². The number of hydrogen-bond acceptors (Lipinski definition) is 3. The van der Waals surface area contributed by atoms with E-state index in [0.717, 1.165) is 25.7 Å². The maximum absolute atomic E-state index is 11.2. The molecule has 0 radical (unpaired) electrons. The Hall–Kier alpha value is -1.13. The van der Waals surface area contributed by atoms with Crippen molar-refractivity contribution in [3.8, 4) is 0 Å². The lowest BCUT2D eigenvalue weighted by Crippen LogP contribution is -2.52. The molecule has 2 fully saturated rings. The molecule has 0 bridgehead atoms. The van der Waals surface area contributed by atoms with Crippen molar-refractivity contribution in [2.45, 2.75) is 57.7 Å². The third-order valence-corrected chi connectivity index (χ3v) is 3.24. The van der Waals surface area contributed by atoms with E-state index < -0.39 is 11.7 Å². The molecule has 5 heteroatoms. The summed E-state index contributed by atoms with van der Waals surface area (Å²) in [5.41, 5.74) is 4.57. The zero-order valence-electron chi connectivity index (χ0n) is 10.9. The van der Waals surface area contributed by atoms with E-state index in [0.29, 0.717) is 11.8 Å². The average Bonchev–Trinajstić information content (AvgIpc) is 3.01. The van der Waals surface area contributed by atoms with Crippen LogP contribution in [0.4, 0.5) is 4.79 Å². The molecule has 0 spiro atoms. The Labute approximate surface area is 102 Å². The minimum absolute atomic E-state index is 0.214. The van der Waals surface area contributed by atoms with Crippen molar-refractivity contribution in [2.75, 3.05) is 0 Å². The maximum Gasteiger partial charge on any atom is 0.314 e. The topological polar surface area (TPSA) is 79.8 Å². The molecule has 96 valence electrons. The lowest BCUT2D eigenvalue weighted by molar-refractivity contribution is 0.208. The second-order valence-corrected chi connectivity index (χ2v) is 6.23. The number of hydrogen-bond donors (Lipinski definition) is 2. The molecule has 0 atom stereocenters. The zero-order valence-corrected chi connectivity index (χ0v) is 10.9. The minimum atomic E-state index is -0.515. The summed E-state index contributed by atoms with van der Waals surface area (Å²) in [6.45, 7) is 6.02. The fourth-order valence-corrected chi connectivity index (χ4v) is 2.20. The molecule has 0 aliphatic heterocycles. The van der Waals surface area contributed by atoms with Crippen molar-refractivity contribution in [2.24, 2.45) is 27.8 Å². The minimum Gasteiger partial charge on any atom is -0.352 e. The summed E-state index contributed by atoms with van der Waals surface area (Å²) < 4.78 is 0. The number of primary amides is 1. The molecule has 0 unspecified atom stereocenters. The molecule has 2 saturated carbocycles. The Morgan fingerprint density at radius 2 is 1.59 bits per heavy atom. The molecule has 2 aliphatic carbocycles. The van der Waals surface area contributed by atoms with Gasteiger partial charge in [-0.1, -0.05) is 0 Å². The van der Waals surface area contributed by atoms with Gasteiger partial charge in [0.1, 0.15) is 0 Å². The summed E-state index contributed by atoms with van der Waals surface area (Å²) in [4.78, 5) is 11.2. The quantitative estimate of drug-likeness (QED) is 0.725. The Kier molecular flexibility index (Phi) is 2.87. The first-order valence-corrected chi connectivity index (χ1v) is 6.35. The van der Waals surface area contributed by atoms with Gasteiger partial charge in [0.15, 0.2) is 5.66 Å². The molecule has 0 aromatic heterocycles. The molecule has 2 amide bonds. The monoisotopic (exact) mass is 238 g/mol. The lowest BCUT2D eigenvalue weighted by atomic mass is 9.99. The van der Waals surface area contributed by atoms with Gasteiger partial charge in [-0.2, -0.15) is 10.2 Å². The third-order valence-electron chi connectivity index (χ3n) is 3.24. The van der Waals surface area contributed by atoms with Crippen molar-refractivity contribution >= 4 is 6.03 Å². The molecule has 0 aromatic carbocycles. The molecule has 2 rings (SSSR count). The van der Waals surface area contributed by atoms with Crippen molar-refractivity contribution in [3.63, 3.8) is 0 Å². The average molecular weight is 238 g/mol. The predicted octanol–water partition coefficient (Wildman–Crippen LogP) is 2.42. The Morgan fingerprint density at radius 1 is 1.12 bits per heavy atom. The highest BCUT2D eigenvalue weighted by Crippen LogP contribution is 2.53. The number of carbonyl (C=O) groups is 1. The van der Waals surface area contributed by atoms with Crippen molar-refractivity contribution < 1.29 is 4.79 Å². The highest BCUT2D eigenvalue weighted by atomic mass is 16.2. The van der Waals surface area contributed by atoms with Crippen LogP contribution in [0.5, 0.6) is 0 Å². The molecular weight excluding hydrogens is 216 g/mol. The van der Waals surface area contributed by atoms with E-state index in [2.05, 4.69) is 15.5 Å². The van der Waals surface area contributed by atoms with E-state index in [-0.39, 0.29) is 5.54 Å². The zero-order chi connectivity index (χ0) is 12.7. The van der Waals surface area contributed by atoms with Crippen LogP contribution in [-0.2, 0) is 0 Å². The van der Waals surface area contributed by atoms with Crippen molar-refractivity contribution in [3.05, 3.63) is 0 Å². The van der Waals surface area contributed by atoms with Gasteiger partial charge in [0, 0.05) is 11.8 Å². The largest absolute Gasteiger partial charge is 0.352 e. The highest BCUT2D eigenvalue weighted by Gasteiger charge is 2.56. The molecule has 0 aromatic rings. The van der Waals surface area contributed by atoms with Gasteiger partial charge in [-0.05, 0) is 46.5 Å². The van der Waals surface area contributed by atoms with Gasteiger partial charge in [-0.15, -0.1) is 0 Å². The van der Waals surface area contributed by atoms with Crippen LogP contribution in [0.2, 0.25) is 0 Å². The fraction of sp³-hybridized carbons (Fsp3) is 0.917. The molecule has 2 aliphatic rings. The van der Waals surface area contributed by atoms with Crippen LogP contribution in [0.3, 0.4) is 0 Å². The van der Waals surface area contributed by atoms with Crippen LogP contribution < -0.4 is 11.1 Å². The van der Waals surface area contributed by atoms with E-state index in [1.54, 1.807) is 0 Å². The SMILES string of the molecule is CC(C)(C)/N=N/C(NC(N)=O)(C1CC1)C1CC1. The van der Waals surface area contributed by atoms with Crippen LogP contribution >= 0.6 is 0 Å². The second-order valence-electron chi connectivity index (χ2n) is 6.23. The number of nitrogens with one attached hydrogen (secondary N) is 1. The number of carbonyl (C=O) groups excluding carboxylic acids is 1. The molecule has 17 heavy (non-hydrogen) atoms. The molecule has 3 N–H and O–H groups in total. The lowest BCUT2D eigenvalue weighted by Gasteiger charge is -2.30. The second kappa shape index (κ2) is 3.96. The first-order chi connectivity index (χ1) is 7.83. The standard InChI is InChI=1S/C12H22N4O/c1-11(2,3)15-16-12(8-4-5-8,9-6-7-9)14-10(13)17/h8-9H,4-7H2,1-3H3,(H3,13,14,17)/b16-15+. The fourth-order valence-electron chi connectivity index (χ4n) is 2.20. The van der Waals surface area contributed by atoms with Gasteiger partial charge in [0.05, 0.1) is 5.54 Å². The van der Waals surface area contributed by atoms with E-state index in [4.69, 9.17) is 5.73 Å². The smallest absolute Gasteiger partial charge is 0.314 e. The van der Waals surface area contributed by atoms with Crippen LogP contribution in [0.1, 0.15) is 46.5 Å². The molecule has 0 saturated heterocycles. The van der Waals surface area contributed by atoms with Crippen LogP contribution in [0, 0.1) is 11.8 Å². The third kappa shape index (κ3) is 2.96. The van der Waals surface area contributed by atoms with E-state index in [1.165, 1.54) is 0 Å². The number of rotatable bonds is 4. The Balaban J connectivity index is 2.21. The number of urea groups is 1. The normalized spacial score (nSPS) is 21.8. The Morgan fingerprint density at radius 3 is 1.88 bits per heavy atom. The van der Waals surface area contributed by atoms with E-state index in [1.807, 2.05) is 20.8 Å². The summed E-state index contributed by atoms with van der Waals surface area (Å²) in [7, 11) is 0. The first-order valence-electron chi connectivity index (χ1n) is 6.35. The first kappa shape index (κ1) is 12.3. The van der Waals surface area contributed by atoms with Crippen LogP contribution in [0.15, 0.2) is 10.2 Å². The maximum atomic E-state index is 11.2. The van der Waals surface area contributed by atoms with E-state index >= 15 is 0 Å². The van der Waals surface area contributed by atoms with Gasteiger partial charge in [-0.25, -0.2) is 4.79 Å². The highest BCUT2D eigenvalue weighted by molar-refractivity contribution is 5.72. The van der Waals surface area contributed by atoms with Crippen LogP contribution in [0.25, 0.3) is 0 Å². The van der Waals surface area contributed by atoms with Gasteiger partial charge < -0.3 is 11.1 Å². The van der Waals surface area contributed by atoms with Crippen molar-refractivity contribution in [1.29, 1.82) is 0 Å². The van der Waals surface area contributed by atoms with Gasteiger partial charge in [-0.3, -0.25) is 0 Å². The number of azo groups is 1. The number of nitrogens with two attached hydrogens (primary N) is 1. The number of nitrogens with zero attached hydrogens (tertiary/aromatic N) is 2. The molecule has 0 heterocycles. The summed E-state index contributed by atoms with van der Waals surface area (Å²) in [5.74, 6) is 0.849. The number of amides is 2. The van der Waals surface area contributed by atoms with Crippen LogP contribution in [-0.4, -0.2) is 17.2 Å². The van der Waals surface area contributed by atoms with E-state index in [9.17, 15) is 4.79 Å². The summed E-state index contributed by atoms with van der Waals surface area (Å²) in [6, 6.07) is -0.489. The summed E-state index contributed by atoms with van der Waals surface area (Å²) in [6.07, 6.45) is 4.44.